The summed E-state index contributed by atoms with van der Waals surface area (Å²) < 4.78 is 5.18. The average Bonchev–Trinajstić information content (AvgIpc) is 2.52. The van der Waals surface area contributed by atoms with E-state index in [2.05, 4.69) is 10.6 Å². The van der Waals surface area contributed by atoms with Crippen molar-refractivity contribution >= 4 is 46.4 Å². The SMILES string of the molecule is COc1ccc(C)cc1NC(=O)CC(=O)Nc1cccc(Cl)c1Cl. The number of carbonyl (C=O) groups is 2. The van der Waals surface area contributed by atoms with Gasteiger partial charge in [-0.1, -0.05) is 35.3 Å². The van der Waals surface area contributed by atoms with E-state index in [0.717, 1.165) is 5.56 Å². The zero-order valence-corrected chi connectivity index (χ0v) is 14.7. The number of hydrogen-bond acceptors (Lipinski definition) is 3. The van der Waals surface area contributed by atoms with Crippen molar-refractivity contribution in [3.05, 3.63) is 52.0 Å². The average molecular weight is 367 g/mol. The molecule has 7 heteroatoms. The fraction of sp³-hybridized carbons (Fsp3) is 0.176. The second kappa shape index (κ2) is 8.04. The highest BCUT2D eigenvalue weighted by Gasteiger charge is 2.14. The largest absolute Gasteiger partial charge is 0.495 e. The molecule has 0 heterocycles. The number of aryl methyl sites for hydroxylation is 1. The van der Waals surface area contributed by atoms with Crippen LogP contribution in [0.3, 0.4) is 0 Å². The van der Waals surface area contributed by atoms with Crippen molar-refractivity contribution < 1.29 is 14.3 Å². The molecule has 2 aromatic carbocycles. The molecule has 0 saturated carbocycles. The van der Waals surface area contributed by atoms with Gasteiger partial charge < -0.3 is 15.4 Å². The van der Waals surface area contributed by atoms with Gasteiger partial charge in [-0.05, 0) is 36.8 Å². The number of nitrogens with one attached hydrogen (secondary N) is 2. The van der Waals surface area contributed by atoms with Crippen LogP contribution in [0.15, 0.2) is 36.4 Å². The summed E-state index contributed by atoms with van der Waals surface area (Å²) >= 11 is 11.9. The lowest BCUT2D eigenvalue weighted by atomic mass is 10.2. The molecule has 126 valence electrons. The van der Waals surface area contributed by atoms with E-state index in [-0.39, 0.29) is 11.4 Å². The Balaban J connectivity index is 2.01. The van der Waals surface area contributed by atoms with E-state index in [1.807, 2.05) is 13.0 Å². The molecule has 0 fully saturated rings. The number of anilines is 2. The van der Waals surface area contributed by atoms with E-state index in [1.54, 1.807) is 30.3 Å². The van der Waals surface area contributed by atoms with E-state index in [4.69, 9.17) is 27.9 Å². The molecule has 0 aliphatic heterocycles. The number of methoxy groups -OCH3 is 1. The third-order valence-corrected chi connectivity index (χ3v) is 3.99. The van der Waals surface area contributed by atoms with Crippen LogP contribution in [0.1, 0.15) is 12.0 Å². The van der Waals surface area contributed by atoms with E-state index in [0.29, 0.717) is 22.1 Å². The van der Waals surface area contributed by atoms with E-state index >= 15 is 0 Å². The Morgan fingerprint density at radius 2 is 1.71 bits per heavy atom. The quantitative estimate of drug-likeness (QED) is 0.776. The van der Waals surface area contributed by atoms with Crippen LogP contribution in [0.2, 0.25) is 10.0 Å². The Kier molecular flexibility index (Phi) is 6.06. The van der Waals surface area contributed by atoms with Crippen LogP contribution >= 0.6 is 23.2 Å². The highest BCUT2D eigenvalue weighted by atomic mass is 35.5. The molecule has 2 amide bonds. The van der Waals surface area contributed by atoms with Gasteiger partial charge in [-0.15, -0.1) is 0 Å². The van der Waals surface area contributed by atoms with Crippen molar-refractivity contribution in [1.29, 1.82) is 0 Å². The van der Waals surface area contributed by atoms with Crippen LogP contribution in [0.4, 0.5) is 11.4 Å². The third kappa shape index (κ3) is 4.63. The van der Waals surface area contributed by atoms with Gasteiger partial charge in [-0.25, -0.2) is 0 Å². The standard InChI is InChI=1S/C17H16Cl2N2O3/c1-10-6-7-14(24-2)13(8-10)21-16(23)9-15(22)20-12-5-3-4-11(18)17(12)19/h3-8H,9H2,1-2H3,(H,20,22)(H,21,23). The molecular formula is C17H16Cl2N2O3. The second-order valence-electron chi connectivity index (χ2n) is 5.08. The topological polar surface area (TPSA) is 67.4 Å². The predicted octanol–water partition coefficient (Wildman–Crippen LogP) is 4.28. The molecule has 0 saturated heterocycles. The fourth-order valence-corrected chi connectivity index (χ4v) is 2.40. The predicted molar refractivity (Wildman–Crippen MR) is 96.1 cm³/mol. The summed E-state index contributed by atoms with van der Waals surface area (Å²) in [7, 11) is 1.51. The van der Waals surface area contributed by atoms with Crippen LogP contribution in [0, 0.1) is 6.92 Å². The first kappa shape index (κ1) is 18.1. The zero-order chi connectivity index (χ0) is 17.7. The number of ether oxygens (including phenoxy) is 1. The Bertz CT molecular complexity index is 778. The van der Waals surface area contributed by atoms with E-state index < -0.39 is 11.8 Å². The minimum absolute atomic E-state index is 0.230. The lowest BCUT2D eigenvalue weighted by Gasteiger charge is -2.11. The summed E-state index contributed by atoms with van der Waals surface area (Å²) in [4.78, 5) is 24.1. The van der Waals surface area contributed by atoms with Crippen LogP contribution in [-0.4, -0.2) is 18.9 Å². The van der Waals surface area contributed by atoms with Crippen LogP contribution < -0.4 is 15.4 Å². The Morgan fingerprint density at radius 1 is 1.04 bits per heavy atom. The zero-order valence-electron chi connectivity index (χ0n) is 13.2. The van der Waals surface area contributed by atoms with Crippen molar-refractivity contribution in [2.45, 2.75) is 13.3 Å². The van der Waals surface area contributed by atoms with Gasteiger partial charge in [0.05, 0.1) is 28.5 Å². The third-order valence-electron chi connectivity index (χ3n) is 3.18. The minimum atomic E-state index is -0.497. The highest BCUT2D eigenvalue weighted by Crippen LogP contribution is 2.29. The Morgan fingerprint density at radius 3 is 2.38 bits per heavy atom. The molecule has 0 atom stereocenters. The number of amides is 2. The maximum absolute atomic E-state index is 12.1. The molecule has 24 heavy (non-hydrogen) atoms. The Hall–Kier alpha value is -2.24. The number of halogens is 2. The number of rotatable bonds is 5. The molecule has 2 N–H and O–H groups in total. The Labute approximate surface area is 149 Å². The minimum Gasteiger partial charge on any atom is -0.495 e. The van der Waals surface area contributed by atoms with Gasteiger partial charge in [0.15, 0.2) is 0 Å². The summed E-state index contributed by atoms with van der Waals surface area (Å²) in [5.74, 6) is -0.440. The van der Waals surface area contributed by atoms with Gasteiger partial charge in [-0.3, -0.25) is 9.59 Å². The van der Waals surface area contributed by atoms with Gasteiger partial charge in [-0.2, -0.15) is 0 Å². The van der Waals surface area contributed by atoms with Crippen molar-refractivity contribution in [3.8, 4) is 5.75 Å². The fourth-order valence-electron chi connectivity index (χ4n) is 2.05. The maximum atomic E-state index is 12.1. The number of carbonyl (C=O) groups excluding carboxylic acids is 2. The van der Waals surface area contributed by atoms with Gasteiger partial charge in [0.2, 0.25) is 11.8 Å². The molecule has 0 unspecified atom stereocenters. The van der Waals surface area contributed by atoms with Crippen molar-refractivity contribution in [3.63, 3.8) is 0 Å². The van der Waals surface area contributed by atoms with Gasteiger partial charge in [0.25, 0.3) is 0 Å². The molecule has 5 nitrogen and oxygen atoms in total. The molecule has 0 aliphatic carbocycles. The first-order valence-electron chi connectivity index (χ1n) is 7.09. The lowest BCUT2D eigenvalue weighted by Crippen LogP contribution is -2.21. The summed E-state index contributed by atoms with van der Waals surface area (Å²) in [6, 6.07) is 10.2. The summed E-state index contributed by atoms with van der Waals surface area (Å²) in [6.45, 7) is 1.89. The summed E-state index contributed by atoms with van der Waals surface area (Å²) in [5, 5.41) is 5.77. The van der Waals surface area contributed by atoms with Gasteiger partial charge in [0, 0.05) is 0 Å². The van der Waals surface area contributed by atoms with Crippen LogP contribution in [0.5, 0.6) is 5.75 Å². The molecular weight excluding hydrogens is 351 g/mol. The molecule has 0 spiro atoms. The molecule has 0 aromatic heterocycles. The molecule has 0 bridgehead atoms. The molecule has 2 rings (SSSR count). The van der Waals surface area contributed by atoms with Gasteiger partial charge in [0.1, 0.15) is 12.2 Å². The van der Waals surface area contributed by atoms with E-state index in [9.17, 15) is 9.59 Å². The van der Waals surface area contributed by atoms with Crippen molar-refractivity contribution in [1.82, 2.24) is 0 Å². The first-order chi connectivity index (χ1) is 11.4. The van der Waals surface area contributed by atoms with Crippen molar-refractivity contribution in [2.75, 3.05) is 17.7 Å². The molecule has 0 aliphatic rings. The van der Waals surface area contributed by atoms with Crippen LogP contribution in [-0.2, 0) is 9.59 Å². The summed E-state index contributed by atoms with van der Waals surface area (Å²) in [5.41, 5.74) is 1.83. The second-order valence-corrected chi connectivity index (χ2v) is 5.86. The first-order valence-corrected chi connectivity index (χ1v) is 7.84. The number of hydrogen-bond donors (Lipinski definition) is 2. The number of benzene rings is 2. The van der Waals surface area contributed by atoms with Crippen molar-refractivity contribution in [2.24, 2.45) is 0 Å². The van der Waals surface area contributed by atoms with Gasteiger partial charge >= 0.3 is 0 Å². The lowest BCUT2D eigenvalue weighted by molar-refractivity contribution is -0.123. The molecule has 0 radical (unpaired) electrons. The maximum Gasteiger partial charge on any atom is 0.233 e. The normalized spacial score (nSPS) is 10.2. The molecule has 2 aromatic rings. The smallest absolute Gasteiger partial charge is 0.233 e. The van der Waals surface area contributed by atoms with Crippen LogP contribution in [0.25, 0.3) is 0 Å². The van der Waals surface area contributed by atoms with E-state index in [1.165, 1.54) is 7.11 Å². The summed E-state index contributed by atoms with van der Waals surface area (Å²) in [6.07, 6.45) is -0.361. The monoisotopic (exact) mass is 366 g/mol. The highest BCUT2D eigenvalue weighted by molar-refractivity contribution is 6.44.